The van der Waals surface area contributed by atoms with E-state index in [9.17, 15) is 9.18 Å². The predicted octanol–water partition coefficient (Wildman–Crippen LogP) is 0.931. The molecule has 0 aliphatic carbocycles. The summed E-state index contributed by atoms with van der Waals surface area (Å²) < 4.78 is 13.5. The molecule has 5 heteroatoms. The van der Waals surface area contributed by atoms with E-state index in [2.05, 4.69) is 5.32 Å². The van der Waals surface area contributed by atoms with Crippen LogP contribution in [0.2, 0.25) is 0 Å². The lowest BCUT2D eigenvalue weighted by Crippen LogP contribution is -2.44. The van der Waals surface area contributed by atoms with E-state index in [0.29, 0.717) is 12.2 Å². The molecule has 0 fully saturated rings. The van der Waals surface area contributed by atoms with Gasteiger partial charge >= 0.3 is 0 Å². The third kappa shape index (κ3) is 1.99. The number of hydrogen-bond donors (Lipinski definition) is 2. The van der Waals surface area contributed by atoms with Gasteiger partial charge in [-0.2, -0.15) is 0 Å². The van der Waals surface area contributed by atoms with E-state index < -0.39 is 5.82 Å². The highest BCUT2D eigenvalue weighted by Gasteiger charge is 2.24. The van der Waals surface area contributed by atoms with Crippen molar-refractivity contribution in [1.82, 2.24) is 0 Å². The number of nitrogens with one attached hydrogen (secondary N) is 1. The first kappa shape index (κ1) is 10.9. The van der Waals surface area contributed by atoms with Crippen molar-refractivity contribution in [1.29, 1.82) is 0 Å². The van der Waals surface area contributed by atoms with E-state index in [1.165, 1.54) is 6.07 Å². The van der Waals surface area contributed by atoms with Gasteiger partial charge in [0, 0.05) is 12.6 Å². The van der Waals surface area contributed by atoms with Crippen LogP contribution in [0.5, 0.6) is 0 Å². The SMILES string of the molecule is CC(N)CN1CC(=O)Nc2c(F)cccc21. The van der Waals surface area contributed by atoms with Crippen molar-refractivity contribution in [3.05, 3.63) is 24.0 Å². The molecule has 4 nitrogen and oxygen atoms in total. The minimum atomic E-state index is -0.416. The first-order chi connectivity index (χ1) is 7.58. The summed E-state index contributed by atoms with van der Waals surface area (Å²) in [7, 11) is 0. The van der Waals surface area contributed by atoms with Crippen LogP contribution < -0.4 is 16.0 Å². The number of nitrogens with two attached hydrogens (primary N) is 1. The highest BCUT2D eigenvalue weighted by Crippen LogP contribution is 2.31. The van der Waals surface area contributed by atoms with E-state index in [1.807, 2.05) is 6.92 Å². The molecule has 0 bridgehead atoms. The topological polar surface area (TPSA) is 58.4 Å². The minimum Gasteiger partial charge on any atom is -0.359 e. The van der Waals surface area contributed by atoms with Crippen molar-refractivity contribution in [3.8, 4) is 0 Å². The molecule has 0 saturated heterocycles. The average molecular weight is 223 g/mol. The van der Waals surface area contributed by atoms with Crippen molar-refractivity contribution in [2.75, 3.05) is 23.3 Å². The van der Waals surface area contributed by atoms with Gasteiger partial charge in [-0.3, -0.25) is 4.79 Å². The van der Waals surface area contributed by atoms with Crippen LogP contribution in [0.25, 0.3) is 0 Å². The summed E-state index contributed by atoms with van der Waals surface area (Å²) in [6.45, 7) is 2.60. The highest BCUT2D eigenvalue weighted by molar-refractivity contribution is 6.01. The van der Waals surface area contributed by atoms with Gasteiger partial charge in [-0.05, 0) is 19.1 Å². The highest BCUT2D eigenvalue weighted by atomic mass is 19.1. The quantitative estimate of drug-likeness (QED) is 0.784. The van der Waals surface area contributed by atoms with Gasteiger partial charge in [0.15, 0.2) is 0 Å². The molecular formula is C11H14FN3O. The predicted molar refractivity (Wildman–Crippen MR) is 60.9 cm³/mol. The zero-order valence-electron chi connectivity index (χ0n) is 9.03. The fourth-order valence-corrected chi connectivity index (χ4v) is 1.85. The number of carbonyl (C=O) groups excluding carboxylic acids is 1. The lowest BCUT2D eigenvalue weighted by molar-refractivity contribution is -0.115. The molecule has 3 N–H and O–H groups in total. The number of halogens is 1. The summed E-state index contributed by atoms with van der Waals surface area (Å²) in [5.74, 6) is -0.626. The molecule has 2 rings (SSSR count). The molecule has 1 aromatic carbocycles. The summed E-state index contributed by atoms with van der Waals surface area (Å²) in [5, 5.41) is 2.53. The maximum atomic E-state index is 13.5. The Hall–Kier alpha value is -1.62. The number of anilines is 2. The lowest BCUT2D eigenvalue weighted by Gasteiger charge is -2.32. The second kappa shape index (κ2) is 4.09. The van der Waals surface area contributed by atoms with Crippen molar-refractivity contribution < 1.29 is 9.18 Å². The molecule has 1 unspecified atom stereocenters. The van der Waals surface area contributed by atoms with Crippen LogP contribution in [0.15, 0.2) is 18.2 Å². The van der Waals surface area contributed by atoms with Crippen LogP contribution in [0.4, 0.5) is 15.8 Å². The Morgan fingerprint density at radius 3 is 3.06 bits per heavy atom. The molecule has 0 radical (unpaired) electrons. The molecule has 1 aliphatic heterocycles. The van der Waals surface area contributed by atoms with Crippen molar-refractivity contribution in [2.45, 2.75) is 13.0 Å². The van der Waals surface area contributed by atoms with Crippen LogP contribution in [-0.4, -0.2) is 25.0 Å². The third-order valence-electron chi connectivity index (χ3n) is 2.44. The van der Waals surface area contributed by atoms with Gasteiger partial charge in [-0.1, -0.05) is 6.07 Å². The van der Waals surface area contributed by atoms with Crippen LogP contribution >= 0.6 is 0 Å². The van der Waals surface area contributed by atoms with Gasteiger partial charge < -0.3 is 16.0 Å². The van der Waals surface area contributed by atoms with Crippen molar-refractivity contribution in [2.24, 2.45) is 5.73 Å². The largest absolute Gasteiger partial charge is 0.359 e. The molecule has 1 amide bonds. The molecular weight excluding hydrogens is 209 g/mol. The summed E-state index contributed by atoms with van der Waals surface area (Å²) >= 11 is 0. The maximum absolute atomic E-state index is 13.5. The Kier molecular flexibility index (Phi) is 2.78. The number of carbonyl (C=O) groups is 1. The Morgan fingerprint density at radius 2 is 2.38 bits per heavy atom. The molecule has 0 aromatic heterocycles. The molecule has 1 heterocycles. The van der Waals surface area contributed by atoms with Gasteiger partial charge in [0.05, 0.1) is 12.2 Å². The normalized spacial score (nSPS) is 16.7. The van der Waals surface area contributed by atoms with E-state index in [1.54, 1.807) is 17.0 Å². The zero-order chi connectivity index (χ0) is 11.7. The van der Waals surface area contributed by atoms with E-state index in [-0.39, 0.29) is 24.2 Å². The Bertz CT molecular complexity index is 420. The fourth-order valence-electron chi connectivity index (χ4n) is 1.85. The number of rotatable bonds is 2. The van der Waals surface area contributed by atoms with Gasteiger partial charge in [-0.25, -0.2) is 4.39 Å². The lowest BCUT2D eigenvalue weighted by atomic mass is 10.1. The zero-order valence-corrected chi connectivity index (χ0v) is 9.03. The Balaban J connectivity index is 2.38. The van der Waals surface area contributed by atoms with Gasteiger partial charge in [0.25, 0.3) is 0 Å². The molecule has 1 aliphatic rings. The number of benzene rings is 1. The number of amides is 1. The minimum absolute atomic E-state index is 0.0676. The summed E-state index contributed by atoms with van der Waals surface area (Å²) in [4.78, 5) is 13.2. The summed E-state index contributed by atoms with van der Waals surface area (Å²) in [6, 6.07) is 4.66. The van der Waals surface area contributed by atoms with Gasteiger partial charge in [0.1, 0.15) is 11.5 Å². The van der Waals surface area contributed by atoms with Crippen LogP contribution in [0.1, 0.15) is 6.92 Å². The smallest absolute Gasteiger partial charge is 0.244 e. The molecule has 0 saturated carbocycles. The summed E-state index contributed by atoms with van der Waals surface area (Å²) in [5.41, 5.74) is 6.64. The summed E-state index contributed by atoms with van der Waals surface area (Å²) in [6.07, 6.45) is 0. The molecule has 0 spiro atoms. The van der Waals surface area contributed by atoms with E-state index in [0.717, 1.165) is 0 Å². The number of fused-ring (bicyclic) bond motifs is 1. The first-order valence-electron chi connectivity index (χ1n) is 5.17. The van der Waals surface area contributed by atoms with Crippen molar-refractivity contribution in [3.63, 3.8) is 0 Å². The average Bonchev–Trinajstić information content (AvgIpc) is 2.18. The molecule has 1 atom stereocenters. The Morgan fingerprint density at radius 1 is 1.62 bits per heavy atom. The van der Waals surface area contributed by atoms with Crippen LogP contribution in [0, 0.1) is 5.82 Å². The Labute approximate surface area is 93.2 Å². The van der Waals surface area contributed by atoms with Crippen LogP contribution in [-0.2, 0) is 4.79 Å². The third-order valence-corrected chi connectivity index (χ3v) is 2.44. The van der Waals surface area contributed by atoms with Crippen LogP contribution in [0.3, 0.4) is 0 Å². The van der Waals surface area contributed by atoms with E-state index in [4.69, 9.17) is 5.73 Å². The number of para-hydroxylation sites is 1. The number of nitrogens with zero attached hydrogens (tertiary/aromatic N) is 1. The monoisotopic (exact) mass is 223 g/mol. The number of hydrogen-bond acceptors (Lipinski definition) is 3. The first-order valence-corrected chi connectivity index (χ1v) is 5.17. The van der Waals surface area contributed by atoms with Crippen molar-refractivity contribution >= 4 is 17.3 Å². The molecule has 16 heavy (non-hydrogen) atoms. The van der Waals surface area contributed by atoms with Gasteiger partial charge in [-0.15, -0.1) is 0 Å². The fraction of sp³-hybridized carbons (Fsp3) is 0.364. The van der Waals surface area contributed by atoms with Gasteiger partial charge in [0.2, 0.25) is 5.91 Å². The maximum Gasteiger partial charge on any atom is 0.244 e. The second-order valence-electron chi connectivity index (χ2n) is 4.04. The second-order valence-corrected chi connectivity index (χ2v) is 4.04. The standard InChI is InChI=1S/C11H14FN3O/c1-7(13)5-15-6-10(16)14-11-8(12)3-2-4-9(11)15/h2-4,7H,5-6,13H2,1H3,(H,14,16). The molecule has 86 valence electrons. The van der Waals surface area contributed by atoms with E-state index >= 15 is 0 Å². The molecule has 1 aromatic rings.